The summed E-state index contributed by atoms with van der Waals surface area (Å²) in [6, 6.07) is 11.7. The highest BCUT2D eigenvalue weighted by Gasteiger charge is 2.74. The van der Waals surface area contributed by atoms with Gasteiger partial charge in [-0.1, -0.05) is 67.3 Å². The summed E-state index contributed by atoms with van der Waals surface area (Å²) in [5, 5.41) is 14.9. The van der Waals surface area contributed by atoms with Crippen molar-refractivity contribution < 1.29 is 36.2 Å². The van der Waals surface area contributed by atoms with Crippen LogP contribution in [0.1, 0.15) is 62.1 Å². The summed E-state index contributed by atoms with van der Waals surface area (Å²) >= 11 is 6.29. The molecule has 12 heteroatoms. The molecule has 0 bridgehead atoms. The maximum Gasteiger partial charge on any atom is 0.431 e. The monoisotopic (exact) mass is 613 g/mol. The van der Waals surface area contributed by atoms with Gasteiger partial charge in [0.05, 0.1) is 22.5 Å². The largest absolute Gasteiger partial charge is 0.431 e. The molecule has 1 N–H and O–H groups in total. The molecule has 2 heterocycles. The van der Waals surface area contributed by atoms with E-state index in [9.17, 15) is 36.2 Å². The first kappa shape index (κ1) is 30.4. The smallest absolute Gasteiger partial charge is 0.369 e. The molecular formula is C30H30ClF6N3O2. The second-order valence-electron chi connectivity index (χ2n) is 11.0. The lowest BCUT2D eigenvalue weighted by Gasteiger charge is -2.32. The summed E-state index contributed by atoms with van der Waals surface area (Å²) in [5.41, 5.74) is -4.43. The molecule has 226 valence electrons. The third kappa shape index (κ3) is 5.65. The number of para-hydroxylation sites is 1. The molecule has 0 aromatic heterocycles. The van der Waals surface area contributed by atoms with E-state index in [0.29, 0.717) is 25.1 Å². The van der Waals surface area contributed by atoms with E-state index in [1.54, 1.807) is 24.3 Å². The Balaban J connectivity index is 1.45. The van der Waals surface area contributed by atoms with Crippen molar-refractivity contribution in [3.8, 4) is 0 Å². The number of nitrogens with zero attached hydrogens (tertiary/aromatic N) is 3. The predicted molar refractivity (Wildman–Crippen MR) is 148 cm³/mol. The lowest BCUT2D eigenvalue weighted by molar-refractivity contribution is -0.338. The molecule has 5 rings (SSSR count). The topological polar surface area (TPSA) is 56.1 Å². The van der Waals surface area contributed by atoms with E-state index in [2.05, 4.69) is 5.10 Å². The number of aliphatic hydroxyl groups is 1. The van der Waals surface area contributed by atoms with E-state index in [0.717, 1.165) is 48.2 Å². The summed E-state index contributed by atoms with van der Waals surface area (Å²) in [5.74, 6) is 0.211. The van der Waals surface area contributed by atoms with Gasteiger partial charge in [0.15, 0.2) is 0 Å². The van der Waals surface area contributed by atoms with Gasteiger partial charge in [-0.2, -0.15) is 31.4 Å². The Labute approximate surface area is 244 Å². The van der Waals surface area contributed by atoms with Crippen LogP contribution >= 0.6 is 11.6 Å². The molecule has 1 atom stereocenters. The van der Waals surface area contributed by atoms with Gasteiger partial charge in [-0.25, -0.2) is 0 Å². The predicted octanol–water partition coefficient (Wildman–Crippen LogP) is 7.70. The summed E-state index contributed by atoms with van der Waals surface area (Å²) in [6.45, 7) is 0.958. The standard InChI is InChI=1S/C30H30ClF6N3O2/c31-23-11-4-5-12-24(23)40-25(18-26(38-40)28(42,29(32,33)34)30(35,36)37)22-10-6-9-21(17-22)19-13-15-39(16-14-19)27(41)20-7-2-1-3-8-20/h4-6,9-13,17,20,25,42H,1-3,7-8,14-16,18H2. The number of benzene rings is 2. The Morgan fingerprint density at radius 2 is 1.64 bits per heavy atom. The number of rotatable bonds is 5. The van der Waals surface area contributed by atoms with Crippen molar-refractivity contribution in [1.82, 2.24) is 4.90 Å². The lowest BCUT2D eigenvalue weighted by atomic mass is 9.87. The molecule has 1 unspecified atom stereocenters. The SMILES string of the molecule is O=C(C1CCCCC1)N1CC=C(c2cccc(C3CC(C(O)(C(F)(F)F)C(F)(F)F)=NN3c3ccccc3Cl)c2)CC1. The molecule has 2 aliphatic heterocycles. The van der Waals surface area contributed by atoms with Crippen LogP contribution in [0.5, 0.6) is 0 Å². The number of halogens is 7. The van der Waals surface area contributed by atoms with Crippen molar-refractivity contribution >= 4 is 34.5 Å². The first-order valence-corrected chi connectivity index (χ1v) is 14.2. The number of hydrazone groups is 1. The van der Waals surface area contributed by atoms with Gasteiger partial charge in [0.25, 0.3) is 5.60 Å². The zero-order chi connectivity index (χ0) is 30.3. The van der Waals surface area contributed by atoms with E-state index in [1.807, 2.05) is 17.0 Å². The maximum absolute atomic E-state index is 13.8. The van der Waals surface area contributed by atoms with Crippen LogP contribution in [0.3, 0.4) is 0 Å². The molecule has 0 radical (unpaired) electrons. The van der Waals surface area contributed by atoms with Gasteiger partial charge in [-0.15, -0.1) is 0 Å². The van der Waals surface area contributed by atoms with Gasteiger partial charge < -0.3 is 10.0 Å². The highest BCUT2D eigenvalue weighted by molar-refractivity contribution is 6.33. The van der Waals surface area contributed by atoms with Crippen LogP contribution in [0.25, 0.3) is 5.57 Å². The number of hydrogen-bond acceptors (Lipinski definition) is 4. The molecule has 1 aliphatic carbocycles. The third-order valence-corrected chi connectivity index (χ3v) is 8.68. The van der Waals surface area contributed by atoms with Gasteiger partial charge >= 0.3 is 12.4 Å². The van der Waals surface area contributed by atoms with Crippen molar-refractivity contribution in [2.24, 2.45) is 11.0 Å². The lowest BCUT2D eigenvalue weighted by Crippen LogP contribution is -2.62. The van der Waals surface area contributed by atoms with Gasteiger partial charge in [-0.3, -0.25) is 9.80 Å². The van der Waals surface area contributed by atoms with E-state index in [-0.39, 0.29) is 22.5 Å². The molecule has 5 nitrogen and oxygen atoms in total. The minimum Gasteiger partial charge on any atom is -0.369 e. The Bertz CT molecular complexity index is 1370. The van der Waals surface area contributed by atoms with E-state index in [4.69, 9.17) is 11.6 Å². The maximum atomic E-state index is 13.8. The molecule has 3 aliphatic rings. The van der Waals surface area contributed by atoms with Crippen LogP contribution < -0.4 is 5.01 Å². The summed E-state index contributed by atoms with van der Waals surface area (Å²) in [7, 11) is 0. The fourth-order valence-electron chi connectivity index (χ4n) is 6.02. The van der Waals surface area contributed by atoms with Gasteiger partial charge in [0, 0.05) is 25.4 Å². The molecule has 1 saturated carbocycles. The Morgan fingerprint density at radius 1 is 0.952 bits per heavy atom. The molecule has 2 aromatic carbocycles. The normalized spacial score (nSPS) is 20.9. The summed E-state index contributed by atoms with van der Waals surface area (Å²) in [6.07, 6.45) is -5.38. The highest BCUT2D eigenvalue weighted by atomic mass is 35.5. The fourth-order valence-corrected chi connectivity index (χ4v) is 6.24. The third-order valence-electron chi connectivity index (χ3n) is 8.37. The molecular weight excluding hydrogens is 584 g/mol. The minimum absolute atomic E-state index is 0.0522. The summed E-state index contributed by atoms with van der Waals surface area (Å²) in [4.78, 5) is 14.8. The van der Waals surface area contributed by atoms with E-state index < -0.39 is 36.1 Å². The zero-order valence-electron chi connectivity index (χ0n) is 22.6. The fraction of sp³-hybridized carbons (Fsp3) is 0.467. The van der Waals surface area contributed by atoms with Crippen LogP contribution in [-0.4, -0.2) is 52.7 Å². The molecule has 42 heavy (non-hydrogen) atoms. The van der Waals surface area contributed by atoms with Gasteiger partial charge in [0.1, 0.15) is 0 Å². The Kier molecular flexibility index (Phi) is 8.37. The minimum atomic E-state index is -6.05. The van der Waals surface area contributed by atoms with Crippen molar-refractivity contribution in [1.29, 1.82) is 0 Å². The van der Waals surface area contributed by atoms with E-state index in [1.165, 1.54) is 18.2 Å². The quantitative estimate of drug-likeness (QED) is 0.352. The Hall–Kier alpha value is -3.05. The van der Waals surface area contributed by atoms with Crippen LogP contribution in [0.4, 0.5) is 32.0 Å². The van der Waals surface area contributed by atoms with Gasteiger partial charge in [0.2, 0.25) is 5.91 Å². The average Bonchev–Trinajstić information content (AvgIpc) is 3.41. The number of amides is 1. The number of carbonyl (C=O) groups is 1. The number of carbonyl (C=O) groups excluding carboxylic acids is 1. The first-order chi connectivity index (χ1) is 19.8. The van der Waals surface area contributed by atoms with Crippen LogP contribution in [0.15, 0.2) is 59.7 Å². The van der Waals surface area contributed by atoms with Crippen molar-refractivity contribution in [2.75, 3.05) is 18.1 Å². The first-order valence-electron chi connectivity index (χ1n) is 13.9. The van der Waals surface area contributed by atoms with Gasteiger partial charge in [-0.05, 0) is 54.2 Å². The highest BCUT2D eigenvalue weighted by Crippen LogP contribution is 2.49. The molecule has 1 amide bonds. The van der Waals surface area contributed by atoms with Crippen molar-refractivity contribution in [3.05, 3.63) is 70.8 Å². The number of hydrogen-bond donors (Lipinski definition) is 1. The Morgan fingerprint density at radius 3 is 2.26 bits per heavy atom. The molecule has 0 saturated heterocycles. The second-order valence-corrected chi connectivity index (χ2v) is 11.4. The van der Waals surface area contributed by atoms with Crippen LogP contribution in [0, 0.1) is 5.92 Å². The molecule has 2 aromatic rings. The number of anilines is 1. The molecule has 0 spiro atoms. The second kappa shape index (κ2) is 11.6. The van der Waals surface area contributed by atoms with Crippen LogP contribution in [0.2, 0.25) is 5.02 Å². The zero-order valence-corrected chi connectivity index (χ0v) is 23.3. The van der Waals surface area contributed by atoms with E-state index >= 15 is 0 Å². The average molecular weight is 614 g/mol. The van der Waals surface area contributed by atoms with Crippen molar-refractivity contribution in [3.63, 3.8) is 0 Å². The molecule has 1 fully saturated rings. The number of alkyl halides is 6. The summed E-state index contributed by atoms with van der Waals surface area (Å²) < 4.78 is 82.6. The van der Waals surface area contributed by atoms with Crippen LogP contribution in [-0.2, 0) is 4.79 Å². The van der Waals surface area contributed by atoms with Crippen molar-refractivity contribution in [2.45, 2.75) is 68.9 Å².